The predicted molar refractivity (Wildman–Crippen MR) is 164 cm³/mol. The van der Waals surface area contributed by atoms with Crippen LogP contribution < -0.4 is 21.3 Å². The number of alkyl halides is 5. The second-order valence-corrected chi connectivity index (χ2v) is 10.6. The molecule has 258 valence electrons. The summed E-state index contributed by atoms with van der Waals surface area (Å²) in [7, 11) is 0. The van der Waals surface area contributed by atoms with Crippen LogP contribution in [0.25, 0.3) is 16.9 Å². The highest BCUT2D eigenvalue weighted by Gasteiger charge is 2.38. The van der Waals surface area contributed by atoms with E-state index in [1.165, 1.54) is 23.0 Å². The molecular weight excluding hydrogens is 645 g/mol. The molecule has 2 amide bonds. The van der Waals surface area contributed by atoms with Gasteiger partial charge < -0.3 is 26.4 Å². The number of amides is 2. The van der Waals surface area contributed by atoms with Crippen LogP contribution in [0.15, 0.2) is 43.0 Å². The molecule has 0 radical (unpaired) electrons. The molecule has 18 heteroatoms. The zero-order chi connectivity index (χ0) is 34.8. The number of anilines is 2. The second kappa shape index (κ2) is 16.1. The van der Waals surface area contributed by atoms with E-state index in [1.807, 2.05) is 6.92 Å². The summed E-state index contributed by atoms with van der Waals surface area (Å²) in [5.74, 6) is -0.0929. The van der Waals surface area contributed by atoms with Gasteiger partial charge in [0.1, 0.15) is 6.54 Å². The zero-order valence-corrected chi connectivity index (χ0v) is 25.7. The third-order valence-electron chi connectivity index (χ3n) is 7.47. The van der Waals surface area contributed by atoms with Crippen LogP contribution in [0.1, 0.15) is 41.4 Å². The molecule has 0 unspecified atom stereocenters. The van der Waals surface area contributed by atoms with Crippen LogP contribution in [0.3, 0.4) is 0 Å². The minimum absolute atomic E-state index is 0.00324. The lowest BCUT2D eigenvalue weighted by Crippen LogP contribution is -2.41. The molecule has 0 atom stereocenters. The molecule has 1 aliphatic heterocycles. The summed E-state index contributed by atoms with van der Waals surface area (Å²) in [6, 6.07) is 5.07. The van der Waals surface area contributed by atoms with E-state index in [0.29, 0.717) is 28.9 Å². The number of imidazole rings is 1. The molecule has 0 spiro atoms. The lowest BCUT2D eigenvalue weighted by molar-refractivity contribution is -0.141. The van der Waals surface area contributed by atoms with E-state index < -0.39 is 30.4 Å². The summed E-state index contributed by atoms with van der Waals surface area (Å²) in [5.41, 5.74) is 0.230. The lowest BCUT2D eigenvalue weighted by Gasteiger charge is -2.21. The fourth-order valence-corrected chi connectivity index (χ4v) is 5.27. The topological polar surface area (TPSA) is 168 Å². The first-order valence-electron chi connectivity index (χ1n) is 15.0. The largest absolute Gasteiger partial charge is 0.483 e. The van der Waals surface area contributed by atoms with E-state index in [-0.39, 0.29) is 47.9 Å². The number of carbonyl (C=O) groups is 3. The van der Waals surface area contributed by atoms with Crippen molar-refractivity contribution in [3.05, 3.63) is 59.8 Å². The number of carboxylic acid groups (broad SMARTS) is 1. The van der Waals surface area contributed by atoms with Crippen molar-refractivity contribution in [3.8, 4) is 11.3 Å². The van der Waals surface area contributed by atoms with Gasteiger partial charge in [-0.3, -0.25) is 23.5 Å². The quantitative estimate of drug-likeness (QED) is 0.0902. The number of hydrogen-bond donors (Lipinski definition) is 5. The van der Waals surface area contributed by atoms with Gasteiger partial charge in [-0.05, 0) is 56.1 Å². The number of nitrogens with zero attached hydrogens (tertiary/aromatic N) is 5. The number of aromatic nitrogens is 5. The maximum absolute atomic E-state index is 13.7. The third-order valence-corrected chi connectivity index (χ3v) is 7.47. The first kappa shape index (κ1) is 35.7. The van der Waals surface area contributed by atoms with Crippen LogP contribution in [0.2, 0.25) is 0 Å². The van der Waals surface area contributed by atoms with Crippen molar-refractivity contribution in [2.45, 2.75) is 45.3 Å². The van der Waals surface area contributed by atoms with Gasteiger partial charge in [0.15, 0.2) is 17.2 Å². The van der Waals surface area contributed by atoms with Crippen molar-refractivity contribution < 1.29 is 41.4 Å². The van der Waals surface area contributed by atoms with Crippen LogP contribution in [-0.2, 0) is 28.7 Å². The Kier molecular flexibility index (Phi) is 12.0. The molecule has 1 saturated heterocycles. The number of carbonyl (C=O) groups excluding carboxylic acids is 2. The average molecular weight is 680 g/mol. The number of benzene rings is 1. The molecule has 4 heterocycles. The molecule has 13 nitrogen and oxygen atoms in total. The Morgan fingerprint density at radius 3 is 2.52 bits per heavy atom. The summed E-state index contributed by atoms with van der Waals surface area (Å²) in [6.07, 6.45) is -0.769. The monoisotopic (exact) mass is 679 g/mol. The number of aryl methyl sites for hydroxylation is 1. The molecule has 0 saturated carbocycles. The van der Waals surface area contributed by atoms with Gasteiger partial charge in [0.05, 0.1) is 17.5 Å². The van der Waals surface area contributed by atoms with Crippen molar-refractivity contribution in [2.24, 2.45) is 5.92 Å². The summed E-state index contributed by atoms with van der Waals surface area (Å²) >= 11 is 0. The normalized spacial score (nSPS) is 13.6. The van der Waals surface area contributed by atoms with Crippen molar-refractivity contribution in [1.29, 1.82) is 0 Å². The number of halogens is 5. The molecule has 1 fully saturated rings. The lowest BCUT2D eigenvalue weighted by atomic mass is 9.97. The Morgan fingerprint density at radius 2 is 1.85 bits per heavy atom. The fourth-order valence-electron chi connectivity index (χ4n) is 5.27. The number of piperidine rings is 1. The summed E-state index contributed by atoms with van der Waals surface area (Å²) in [6.45, 7) is 2.86. The maximum atomic E-state index is 13.7. The fraction of sp³-hybridized carbons (Fsp3) is 0.400. The maximum Gasteiger partial charge on any atom is 0.435 e. The van der Waals surface area contributed by atoms with Gasteiger partial charge in [-0.15, -0.1) is 0 Å². The van der Waals surface area contributed by atoms with E-state index in [9.17, 15) is 31.5 Å². The predicted octanol–water partition coefficient (Wildman–Crippen LogP) is 3.73. The number of fused-ring (bicyclic) bond motifs is 1. The van der Waals surface area contributed by atoms with Gasteiger partial charge in [-0.1, -0.05) is 6.92 Å². The highest BCUT2D eigenvalue weighted by Crippen LogP contribution is 2.37. The first-order valence-corrected chi connectivity index (χ1v) is 15.0. The van der Waals surface area contributed by atoms with Crippen LogP contribution in [0, 0.1) is 5.92 Å². The Morgan fingerprint density at radius 1 is 1.15 bits per heavy atom. The van der Waals surface area contributed by atoms with E-state index in [1.54, 1.807) is 18.2 Å². The average Bonchev–Trinajstić information content (AvgIpc) is 3.68. The van der Waals surface area contributed by atoms with Gasteiger partial charge in [-0.2, -0.15) is 18.3 Å². The van der Waals surface area contributed by atoms with Gasteiger partial charge in [0, 0.05) is 48.8 Å². The highest BCUT2D eigenvalue weighted by molar-refractivity contribution is 5.96. The SMILES string of the molecule is CCc1cc(Nc2nccn3c(-c4cn(CC(F)F)nc4C(F)(F)F)cnc23)ccc1C(=O)NCCNC(=O)C1CCNCC1.O=CO. The van der Waals surface area contributed by atoms with Crippen LogP contribution in [0.4, 0.5) is 33.5 Å². The molecule has 5 rings (SSSR count). The molecule has 5 N–H and O–H groups in total. The number of rotatable bonds is 11. The second-order valence-electron chi connectivity index (χ2n) is 10.6. The molecule has 48 heavy (non-hydrogen) atoms. The van der Waals surface area contributed by atoms with Crippen LogP contribution in [0.5, 0.6) is 0 Å². The Labute approximate surface area is 270 Å². The minimum atomic E-state index is -4.88. The molecule has 4 aromatic rings. The van der Waals surface area contributed by atoms with Gasteiger partial charge in [0.2, 0.25) is 5.91 Å². The van der Waals surface area contributed by atoms with Crippen LogP contribution in [-0.4, -0.2) is 80.1 Å². The summed E-state index contributed by atoms with van der Waals surface area (Å²) in [4.78, 5) is 42.1. The van der Waals surface area contributed by atoms with E-state index in [4.69, 9.17) is 9.90 Å². The Balaban J connectivity index is 0.00000167. The molecule has 1 aromatic carbocycles. The highest BCUT2D eigenvalue weighted by atomic mass is 19.4. The Hall–Kier alpha value is -5.13. The van der Waals surface area contributed by atoms with E-state index in [2.05, 4.69) is 36.3 Å². The van der Waals surface area contributed by atoms with Crippen LogP contribution >= 0.6 is 0 Å². The molecule has 1 aliphatic rings. The number of hydrogen-bond acceptors (Lipinski definition) is 8. The van der Waals surface area contributed by atoms with E-state index >= 15 is 0 Å². The van der Waals surface area contributed by atoms with E-state index in [0.717, 1.165) is 37.7 Å². The molecular formula is C30H34F5N9O4. The van der Waals surface area contributed by atoms with Gasteiger partial charge in [-0.25, -0.2) is 18.7 Å². The smallest absolute Gasteiger partial charge is 0.435 e. The standard InChI is InChI=1S/C29H32F5N9O2.CH2O2/c1-2-17-13-19(3-4-20(17)28(45)38-10-9-37-27(44)18-5-7-35-8-6-18)40-25-26-39-14-22(43(26)12-11-36-25)21-15-42(16-23(30)31)41-24(21)29(32,33)34;2-1-3/h3-4,11-15,18,23,35H,2,5-10,16H2,1H3,(H,36,40)(H,37,44)(H,38,45);1H,(H,2,3). The summed E-state index contributed by atoms with van der Waals surface area (Å²) < 4.78 is 68.9. The minimum Gasteiger partial charge on any atom is -0.483 e. The first-order chi connectivity index (χ1) is 23.0. The van der Waals surface area contributed by atoms with Gasteiger partial charge in [0.25, 0.3) is 18.8 Å². The van der Waals surface area contributed by atoms with Crippen molar-refractivity contribution in [1.82, 2.24) is 40.1 Å². The molecule has 0 bridgehead atoms. The van der Waals surface area contributed by atoms with Crippen molar-refractivity contribution in [3.63, 3.8) is 0 Å². The summed E-state index contributed by atoms with van der Waals surface area (Å²) in [5, 5.41) is 22.3. The number of nitrogens with one attached hydrogen (secondary N) is 4. The molecule has 3 aromatic heterocycles. The van der Waals surface area contributed by atoms with Crippen molar-refractivity contribution >= 4 is 35.4 Å². The van der Waals surface area contributed by atoms with Crippen molar-refractivity contribution in [2.75, 3.05) is 31.5 Å². The van der Waals surface area contributed by atoms with Gasteiger partial charge >= 0.3 is 6.18 Å². The Bertz CT molecular complexity index is 1720. The zero-order valence-electron chi connectivity index (χ0n) is 25.7. The third kappa shape index (κ3) is 8.81. The molecule has 0 aliphatic carbocycles.